The quantitative estimate of drug-likeness (QED) is 0.571. The molecule has 0 aliphatic carbocycles. The lowest BCUT2D eigenvalue weighted by Gasteiger charge is -2.05. The number of unbranched alkanes of at least 4 members (excludes halogenated alkanes) is 3. The number of aliphatic hydroxyl groups excluding tert-OH is 2. The Balaban J connectivity index is 2.27. The van der Waals surface area contributed by atoms with Crippen LogP contribution < -0.4 is 5.32 Å². The monoisotopic (exact) mass is 199 g/mol. The smallest absolute Gasteiger partial charge is 0.112 e. The van der Waals surface area contributed by atoms with E-state index < -0.39 is 0 Å². The number of hydrogen-bond donors (Lipinski definition) is 3. The SMILES string of the molecule is CCCCCCC1=C(O)[C@H](CO)NC1. The van der Waals surface area contributed by atoms with Crippen LogP contribution in [0.1, 0.15) is 39.0 Å². The number of hydrogen-bond acceptors (Lipinski definition) is 3. The van der Waals surface area contributed by atoms with Crippen LogP contribution in [0, 0.1) is 0 Å². The third-order valence-electron chi connectivity index (χ3n) is 2.77. The van der Waals surface area contributed by atoms with Crippen molar-refractivity contribution in [1.29, 1.82) is 0 Å². The summed E-state index contributed by atoms with van der Waals surface area (Å²) in [6.45, 7) is 2.92. The first-order valence-corrected chi connectivity index (χ1v) is 5.54. The van der Waals surface area contributed by atoms with Gasteiger partial charge in [0, 0.05) is 6.54 Å². The molecule has 0 saturated heterocycles. The van der Waals surface area contributed by atoms with Gasteiger partial charge in [0.15, 0.2) is 0 Å². The van der Waals surface area contributed by atoms with E-state index in [9.17, 15) is 5.11 Å². The predicted molar refractivity (Wildman–Crippen MR) is 57.3 cm³/mol. The van der Waals surface area contributed by atoms with E-state index in [1.54, 1.807) is 0 Å². The molecular weight excluding hydrogens is 178 g/mol. The van der Waals surface area contributed by atoms with Gasteiger partial charge in [-0.15, -0.1) is 0 Å². The maximum atomic E-state index is 9.66. The lowest BCUT2D eigenvalue weighted by Crippen LogP contribution is -2.28. The molecule has 0 aromatic carbocycles. The van der Waals surface area contributed by atoms with Crippen LogP contribution in [0.4, 0.5) is 0 Å². The minimum atomic E-state index is -0.212. The summed E-state index contributed by atoms with van der Waals surface area (Å²) in [6.07, 6.45) is 5.85. The Morgan fingerprint density at radius 3 is 2.71 bits per heavy atom. The molecule has 0 saturated carbocycles. The van der Waals surface area contributed by atoms with Gasteiger partial charge in [-0.05, 0) is 18.4 Å². The molecule has 0 unspecified atom stereocenters. The van der Waals surface area contributed by atoms with E-state index in [-0.39, 0.29) is 12.6 Å². The van der Waals surface area contributed by atoms with Crippen molar-refractivity contribution in [1.82, 2.24) is 5.32 Å². The third kappa shape index (κ3) is 3.00. The van der Waals surface area contributed by atoms with Crippen LogP contribution in [0.3, 0.4) is 0 Å². The highest BCUT2D eigenvalue weighted by Gasteiger charge is 2.22. The van der Waals surface area contributed by atoms with E-state index >= 15 is 0 Å². The highest BCUT2D eigenvalue weighted by atomic mass is 16.3. The Morgan fingerprint density at radius 1 is 1.36 bits per heavy atom. The topological polar surface area (TPSA) is 52.5 Å². The van der Waals surface area contributed by atoms with Gasteiger partial charge in [0.1, 0.15) is 5.76 Å². The van der Waals surface area contributed by atoms with Crippen molar-refractivity contribution in [3.63, 3.8) is 0 Å². The van der Waals surface area contributed by atoms with Crippen molar-refractivity contribution in [2.24, 2.45) is 0 Å². The van der Waals surface area contributed by atoms with Gasteiger partial charge < -0.3 is 15.5 Å². The molecule has 0 aromatic rings. The standard InChI is InChI=1S/C11H21NO2/c1-2-3-4-5-6-9-7-12-10(8-13)11(9)14/h10,12-14H,2-8H2,1H3/t10-/m0/s1. The summed E-state index contributed by atoms with van der Waals surface area (Å²) in [5, 5.41) is 21.6. The molecular formula is C11H21NO2. The molecule has 0 fully saturated rings. The van der Waals surface area contributed by atoms with Crippen molar-refractivity contribution in [2.45, 2.75) is 45.1 Å². The zero-order chi connectivity index (χ0) is 10.4. The fourth-order valence-electron chi connectivity index (χ4n) is 1.81. The maximum absolute atomic E-state index is 9.66. The third-order valence-corrected chi connectivity index (χ3v) is 2.77. The maximum Gasteiger partial charge on any atom is 0.112 e. The van der Waals surface area contributed by atoms with Gasteiger partial charge in [-0.2, -0.15) is 0 Å². The van der Waals surface area contributed by atoms with Crippen molar-refractivity contribution in [2.75, 3.05) is 13.2 Å². The van der Waals surface area contributed by atoms with Crippen molar-refractivity contribution in [3.8, 4) is 0 Å². The number of nitrogens with one attached hydrogen (secondary N) is 1. The van der Waals surface area contributed by atoms with E-state index in [4.69, 9.17) is 5.11 Å². The summed E-state index contributed by atoms with van der Waals surface area (Å²) in [5.41, 5.74) is 1.08. The lowest BCUT2D eigenvalue weighted by molar-refractivity contribution is 0.233. The molecule has 1 aliphatic heterocycles. The van der Waals surface area contributed by atoms with Crippen molar-refractivity contribution in [3.05, 3.63) is 11.3 Å². The summed E-state index contributed by atoms with van der Waals surface area (Å²) in [4.78, 5) is 0. The van der Waals surface area contributed by atoms with E-state index in [0.717, 1.165) is 25.0 Å². The second-order valence-electron chi connectivity index (χ2n) is 3.92. The molecule has 14 heavy (non-hydrogen) atoms. The molecule has 3 heteroatoms. The first-order valence-electron chi connectivity index (χ1n) is 5.54. The number of aliphatic hydroxyl groups is 2. The normalized spacial score (nSPS) is 22.0. The van der Waals surface area contributed by atoms with Crippen LogP contribution >= 0.6 is 0 Å². The van der Waals surface area contributed by atoms with Crippen LogP contribution in [0.25, 0.3) is 0 Å². The van der Waals surface area contributed by atoms with Crippen LogP contribution in [0.2, 0.25) is 0 Å². The molecule has 1 aliphatic rings. The van der Waals surface area contributed by atoms with Gasteiger partial charge in [0.25, 0.3) is 0 Å². The molecule has 82 valence electrons. The fourth-order valence-corrected chi connectivity index (χ4v) is 1.81. The molecule has 3 nitrogen and oxygen atoms in total. The number of rotatable bonds is 6. The van der Waals surface area contributed by atoms with Gasteiger partial charge in [-0.25, -0.2) is 0 Å². The van der Waals surface area contributed by atoms with Gasteiger partial charge in [-0.1, -0.05) is 26.2 Å². The minimum Gasteiger partial charge on any atom is -0.511 e. The average Bonchev–Trinajstić information content (AvgIpc) is 2.55. The zero-order valence-corrected chi connectivity index (χ0v) is 8.92. The zero-order valence-electron chi connectivity index (χ0n) is 8.92. The summed E-state index contributed by atoms with van der Waals surface area (Å²) in [6, 6.07) is -0.212. The molecule has 1 rings (SSSR count). The van der Waals surface area contributed by atoms with E-state index in [1.807, 2.05) is 0 Å². The van der Waals surface area contributed by atoms with Gasteiger partial charge in [0.2, 0.25) is 0 Å². The Hall–Kier alpha value is -0.540. The summed E-state index contributed by atoms with van der Waals surface area (Å²) in [5.74, 6) is 0.379. The molecule has 0 aromatic heterocycles. The average molecular weight is 199 g/mol. The van der Waals surface area contributed by atoms with Gasteiger partial charge in [-0.3, -0.25) is 0 Å². The molecule has 0 spiro atoms. The highest BCUT2D eigenvalue weighted by molar-refractivity contribution is 5.21. The largest absolute Gasteiger partial charge is 0.511 e. The Kier molecular flexibility index (Phi) is 4.98. The second kappa shape index (κ2) is 6.04. The van der Waals surface area contributed by atoms with Gasteiger partial charge >= 0.3 is 0 Å². The van der Waals surface area contributed by atoms with Crippen LogP contribution in [-0.4, -0.2) is 29.4 Å². The summed E-state index contributed by atoms with van der Waals surface area (Å²) < 4.78 is 0. The predicted octanol–water partition coefficient (Wildman–Crippen LogP) is 1.73. The molecule has 0 radical (unpaired) electrons. The van der Waals surface area contributed by atoms with Crippen LogP contribution in [-0.2, 0) is 0 Å². The second-order valence-corrected chi connectivity index (χ2v) is 3.92. The van der Waals surface area contributed by atoms with Crippen LogP contribution in [0.5, 0.6) is 0 Å². The first-order chi connectivity index (χ1) is 6.79. The molecule has 1 heterocycles. The van der Waals surface area contributed by atoms with Crippen molar-refractivity contribution >= 4 is 0 Å². The summed E-state index contributed by atoms with van der Waals surface area (Å²) in [7, 11) is 0. The molecule has 1 atom stereocenters. The Labute approximate surface area is 85.8 Å². The van der Waals surface area contributed by atoms with E-state index in [0.29, 0.717) is 5.76 Å². The Morgan fingerprint density at radius 2 is 2.14 bits per heavy atom. The van der Waals surface area contributed by atoms with Crippen molar-refractivity contribution < 1.29 is 10.2 Å². The van der Waals surface area contributed by atoms with Crippen LogP contribution in [0.15, 0.2) is 11.3 Å². The van der Waals surface area contributed by atoms with E-state index in [2.05, 4.69) is 12.2 Å². The minimum absolute atomic E-state index is 0.00963. The summed E-state index contributed by atoms with van der Waals surface area (Å²) >= 11 is 0. The fraction of sp³-hybridized carbons (Fsp3) is 0.818. The lowest BCUT2D eigenvalue weighted by atomic mass is 10.1. The molecule has 0 bridgehead atoms. The molecule has 0 amide bonds. The highest BCUT2D eigenvalue weighted by Crippen LogP contribution is 2.19. The van der Waals surface area contributed by atoms with E-state index in [1.165, 1.54) is 19.3 Å². The first kappa shape index (κ1) is 11.5. The van der Waals surface area contributed by atoms with Gasteiger partial charge in [0.05, 0.1) is 12.6 Å². The molecule has 3 N–H and O–H groups in total. The Bertz CT molecular complexity index is 201.